The summed E-state index contributed by atoms with van der Waals surface area (Å²) in [6.07, 6.45) is 0.318. The van der Waals surface area contributed by atoms with Gasteiger partial charge in [-0.1, -0.05) is 6.58 Å². The highest BCUT2D eigenvalue weighted by atomic mass is 16.8. The molecule has 0 radical (unpaired) electrons. The van der Waals surface area contributed by atoms with Crippen molar-refractivity contribution in [3.63, 3.8) is 0 Å². The smallest absolute Gasteiger partial charge is 0.181 e. The van der Waals surface area contributed by atoms with Crippen molar-refractivity contribution in [3.05, 3.63) is 12.7 Å². The van der Waals surface area contributed by atoms with Crippen LogP contribution in [0.5, 0.6) is 0 Å². The average molecular weight is 116 g/mol. The van der Waals surface area contributed by atoms with Crippen molar-refractivity contribution in [2.75, 3.05) is 6.61 Å². The standard InChI is InChI=1S/C5H8O3/c1-2-5-7-3-4(6)8-5/h2,4-6H,1,3H2. The van der Waals surface area contributed by atoms with Gasteiger partial charge in [0.1, 0.15) is 6.61 Å². The second-order valence-electron chi connectivity index (χ2n) is 1.53. The van der Waals surface area contributed by atoms with Gasteiger partial charge in [0.05, 0.1) is 0 Å². The first-order valence-corrected chi connectivity index (χ1v) is 2.40. The average Bonchev–Trinajstić information content (AvgIpc) is 2.14. The van der Waals surface area contributed by atoms with Gasteiger partial charge in [-0.05, 0) is 6.08 Å². The normalized spacial score (nSPS) is 37.6. The Morgan fingerprint density at radius 2 is 2.50 bits per heavy atom. The van der Waals surface area contributed by atoms with Crippen LogP contribution in [0, 0.1) is 0 Å². The van der Waals surface area contributed by atoms with Gasteiger partial charge in [0.2, 0.25) is 0 Å². The summed E-state index contributed by atoms with van der Waals surface area (Å²) >= 11 is 0. The van der Waals surface area contributed by atoms with Crippen LogP contribution >= 0.6 is 0 Å². The van der Waals surface area contributed by atoms with Crippen LogP contribution in [-0.4, -0.2) is 24.3 Å². The van der Waals surface area contributed by atoms with Crippen molar-refractivity contribution < 1.29 is 14.6 Å². The molecule has 0 amide bonds. The van der Waals surface area contributed by atoms with E-state index in [0.717, 1.165) is 0 Å². The fraction of sp³-hybridized carbons (Fsp3) is 0.600. The number of ether oxygens (including phenoxy) is 2. The monoisotopic (exact) mass is 116 g/mol. The highest BCUT2D eigenvalue weighted by molar-refractivity contribution is 4.75. The molecule has 1 aliphatic rings. The number of aliphatic hydroxyl groups excluding tert-OH is 1. The third-order valence-electron chi connectivity index (χ3n) is 0.887. The van der Waals surface area contributed by atoms with Crippen molar-refractivity contribution >= 4 is 0 Å². The van der Waals surface area contributed by atoms with E-state index < -0.39 is 12.6 Å². The molecule has 3 heteroatoms. The van der Waals surface area contributed by atoms with Gasteiger partial charge in [0.25, 0.3) is 0 Å². The minimum atomic E-state index is -0.766. The second-order valence-corrected chi connectivity index (χ2v) is 1.53. The van der Waals surface area contributed by atoms with E-state index in [9.17, 15) is 0 Å². The van der Waals surface area contributed by atoms with Crippen LogP contribution in [-0.2, 0) is 9.47 Å². The van der Waals surface area contributed by atoms with E-state index in [-0.39, 0.29) is 6.61 Å². The molecule has 0 aliphatic carbocycles. The van der Waals surface area contributed by atoms with Gasteiger partial charge in [0.15, 0.2) is 12.6 Å². The summed E-state index contributed by atoms with van der Waals surface area (Å²) in [6.45, 7) is 3.66. The zero-order chi connectivity index (χ0) is 5.98. The highest BCUT2D eigenvalue weighted by Gasteiger charge is 2.20. The van der Waals surface area contributed by atoms with Gasteiger partial charge < -0.3 is 14.6 Å². The minimum Gasteiger partial charge on any atom is -0.366 e. The summed E-state index contributed by atoms with van der Waals surface area (Å²) in [6, 6.07) is 0. The summed E-state index contributed by atoms with van der Waals surface area (Å²) in [7, 11) is 0. The van der Waals surface area contributed by atoms with Crippen molar-refractivity contribution in [3.8, 4) is 0 Å². The first-order chi connectivity index (χ1) is 3.83. The second kappa shape index (κ2) is 2.26. The molecule has 0 bridgehead atoms. The molecule has 46 valence electrons. The molecule has 1 fully saturated rings. The van der Waals surface area contributed by atoms with Crippen molar-refractivity contribution in [1.29, 1.82) is 0 Å². The molecule has 1 rings (SSSR count). The van der Waals surface area contributed by atoms with Crippen LogP contribution in [0.1, 0.15) is 0 Å². The van der Waals surface area contributed by atoms with Gasteiger partial charge in [-0.15, -0.1) is 0 Å². The van der Waals surface area contributed by atoms with Crippen molar-refractivity contribution in [2.45, 2.75) is 12.6 Å². The summed E-state index contributed by atoms with van der Waals surface area (Å²) in [5, 5.41) is 8.64. The Labute approximate surface area is 47.5 Å². The number of hydrogen-bond donors (Lipinski definition) is 1. The molecule has 2 atom stereocenters. The van der Waals surface area contributed by atoms with Crippen LogP contribution < -0.4 is 0 Å². The van der Waals surface area contributed by atoms with Gasteiger partial charge >= 0.3 is 0 Å². The lowest BCUT2D eigenvalue weighted by atomic mass is 10.6. The lowest BCUT2D eigenvalue weighted by Gasteiger charge is -1.99. The van der Waals surface area contributed by atoms with E-state index in [1.165, 1.54) is 6.08 Å². The predicted octanol–water partition coefficient (Wildman–Crippen LogP) is -0.136. The molecule has 0 spiro atoms. The fourth-order valence-electron chi connectivity index (χ4n) is 0.534. The topological polar surface area (TPSA) is 38.7 Å². The molecule has 8 heavy (non-hydrogen) atoms. The zero-order valence-corrected chi connectivity index (χ0v) is 4.41. The third-order valence-corrected chi connectivity index (χ3v) is 0.887. The maximum absolute atomic E-state index is 8.64. The lowest BCUT2D eigenvalue weighted by Crippen LogP contribution is -2.08. The maximum Gasteiger partial charge on any atom is 0.181 e. The predicted molar refractivity (Wildman–Crippen MR) is 27.0 cm³/mol. The summed E-state index contributed by atoms with van der Waals surface area (Å²) in [4.78, 5) is 0. The zero-order valence-electron chi connectivity index (χ0n) is 4.41. The van der Waals surface area contributed by atoms with E-state index in [1.807, 2.05) is 0 Å². The molecule has 0 aromatic rings. The lowest BCUT2D eigenvalue weighted by molar-refractivity contribution is -0.0907. The molecule has 1 saturated heterocycles. The quantitative estimate of drug-likeness (QED) is 0.485. The molecule has 1 aliphatic heterocycles. The molecule has 1 N–H and O–H groups in total. The van der Waals surface area contributed by atoms with Crippen LogP contribution in [0.3, 0.4) is 0 Å². The Hall–Kier alpha value is -0.380. The van der Waals surface area contributed by atoms with E-state index in [1.54, 1.807) is 0 Å². The summed E-state index contributed by atoms with van der Waals surface area (Å²) < 4.78 is 9.55. The minimum absolute atomic E-state index is 0.247. The highest BCUT2D eigenvalue weighted by Crippen LogP contribution is 2.08. The molecule has 2 unspecified atom stereocenters. The molecular formula is C5H8O3. The number of aliphatic hydroxyl groups is 1. The Morgan fingerprint density at radius 3 is 2.75 bits per heavy atom. The Bertz CT molecular complexity index is 91.7. The Balaban J connectivity index is 2.32. The molecule has 1 heterocycles. The third kappa shape index (κ3) is 1.06. The molecule has 0 saturated carbocycles. The van der Waals surface area contributed by atoms with Crippen LogP contribution in [0.4, 0.5) is 0 Å². The maximum atomic E-state index is 8.64. The molecule has 3 nitrogen and oxygen atoms in total. The van der Waals surface area contributed by atoms with E-state index in [2.05, 4.69) is 6.58 Å². The van der Waals surface area contributed by atoms with E-state index in [0.29, 0.717) is 0 Å². The van der Waals surface area contributed by atoms with Crippen molar-refractivity contribution in [2.24, 2.45) is 0 Å². The largest absolute Gasteiger partial charge is 0.366 e. The van der Waals surface area contributed by atoms with Crippen LogP contribution in [0.15, 0.2) is 12.7 Å². The number of hydrogen-bond acceptors (Lipinski definition) is 3. The van der Waals surface area contributed by atoms with Gasteiger partial charge in [-0.2, -0.15) is 0 Å². The van der Waals surface area contributed by atoms with E-state index in [4.69, 9.17) is 14.6 Å². The molecular weight excluding hydrogens is 108 g/mol. The van der Waals surface area contributed by atoms with Crippen LogP contribution in [0.25, 0.3) is 0 Å². The summed E-state index contributed by atoms with van der Waals surface area (Å²) in [5.74, 6) is 0. The summed E-state index contributed by atoms with van der Waals surface area (Å²) in [5.41, 5.74) is 0. The fourth-order valence-corrected chi connectivity index (χ4v) is 0.534. The first kappa shape index (κ1) is 5.75. The molecule has 0 aromatic carbocycles. The van der Waals surface area contributed by atoms with Gasteiger partial charge in [0, 0.05) is 0 Å². The Kier molecular flexibility index (Phi) is 1.62. The van der Waals surface area contributed by atoms with Crippen LogP contribution in [0.2, 0.25) is 0 Å². The van der Waals surface area contributed by atoms with E-state index >= 15 is 0 Å². The van der Waals surface area contributed by atoms with Crippen molar-refractivity contribution in [1.82, 2.24) is 0 Å². The van der Waals surface area contributed by atoms with Gasteiger partial charge in [-0.25, -0.2) is 0 Å². The Morgan fingerprint density at radius 1 is 1.75 bits per heavy atom. The molecule has 0 aromatic heterocycles. The SMILES string of the molecule is C=CC1OCC(O)O1. The number of rotatable bonds is 1. The van der Waals surface area contributed by atoms with Gasteiger partial charge in [-0.3, -0.25) is 0 Å². The first-order valence-electron chi connectivity index (χ1n) is 2.40.